The number of nitrogens with one attached hydrogen (secondary N) is 3. The number of thioether (sulfide) groups is 1. The van der Waals surface area contributed by atoms with E-state index in [4.69, 9.17) is 11.6 Å². The third-order valence-electron chi connectivity index (χ3n) is 2.40. The van der Waals surface area contributed by atoms with Crippen LogP contribution in [0.3, 0.4) is 0 Å². The summed E-state index contributed by atoms with van der Waals surface area (Å²) in [6, 6.07) is 1.16. The van der Waals surface area contributed by atoms with Crippen LogP contribution < -0.4 is 10.6 Å². The molecule has 1 atom stereocenters. The van der Waals surface area contributed by atoms with Gasteiger partial charge in [0.2, 0.25) is 5.91 Å². The fourth-order valence-corrected chi connectivity index (χ4v) is 2.37. The number of nitrogens with zero attached hydrogens (tertiary/aromatic N) is 2. The van der Waals surface area contributed by atoms with Gasteiger partial charge in [-0.1, -0.05) is 23.4 Å². The van der Waals surface area contributed by atoms with Crippen LogP contribution >= 0.6 is 23.4 Å². The third kappa shape index (κ3) is 3.40. The smallest absolute Gasteiger partial charge is 0.321 e. The molecule has 0 aliphatic heterocycles. The highest BCUT2D eigenvalue weighted by atomic mass is 35.5. The molecule has 0 radical (unpaired) electrons. The average Bonchev–Trinajstić information content (AvgIpc) is 2.79. The molecule has 20 heavy (non-hydrogen) atoms. The molecule has 2 aromatic heterocycles. The summed E-state index contributed by atoms with van der Waals surface area (Å²) in [5, 5.41) is 5.07. The van der Waals surface area contributed by atoms with Crippen LogP contribution in [0.25, 0.3) is 11.2 Å². The van der Waals surface area contributed by atoms with Crippen molar-refractivity contribution in [3.05, 3.63) is 17.3 Å². The number of urea groups is 1. The number of pyridine rings is 1. The molecule has 2 rings (SSSR count). The number of aromatic amines is 1. The Morgan fingerprint density at radius 2 is 2.25 bits per heavy atom. The van der Waals surface area contributed by atoms with Gasteiger partial charge in [-0.2, -0.15) is 0 Å². The Morgan fingerprint density at radius 1 is 1.50 bits per heavy atom. The summed E-state index contributed by atoms with van der Waals surface area (Å²) < 4.78 is 0. The molecule has 7 nitrogen and oxygen atoms in total. The number of carbonyl (C=O) groups is 2. The fourth-order valence-electron chi connectivity index (χ4n) is 1.41. The Hall–Kier alpha value is -1.80. The molecule has 0 saturated heterocycles. The normalized spacial score (nSPS) is 12.2. The third-order valence-corrected chi connectivity index (χ3v) is 3.59. The lowest BCUT2D eigenvalue weighted by molar-refractivity contribution is -0.119. The average molecular weight is 314 g/mol. The van der Waals surface area contributed by atoms with Crippen molar-refractivity contribution in [2.24, 2.45) is 0 Å². The van der Waals surface area contributed by atoms with Crippen molar-refractivity contribution in [1.82, 2.24) is 25.6 Å². The summed E-state index contributed by atoms with van der Waals surface area (Å²) in [7, 11) is 1.44. The molecule has 0 aromatic carbocycles. The Labute approximate surface area is 123 Å². The Morgan fingerprint density at radius 3 is 2.95 bits per heavy atom. The second-order valence-electron chi connectivity index (χ2n) is 3.90. The highest BCUT2D eigenvalue weighted by Gasteiger charge is 2.18. The largest absolute Gasteiger partial charge is 0.341 e. The molecule has 0 unspecified atom stereocenters. The summed E-state index contributed by atoms with van der Waals surface area (Å²) in [6.45, 7) is 1.68. The highest BCUT2D eigenvalue weighted by Crippen LogP contribution is 2.23. The monoisotopic (exact) mass is 313 g/mol. The molecule has 3 amide bonds. The predicted molar refractivity (Wildman–Crippen MR) is 76.8 cm³/mol. The lowest BCUT2D eigenvalue weighted by atomic mass is 10.4. The van der Waals surface area contributed by atoms with Crippen molar-refractivity contribution in [3.8, 4) is 0 Å². The molecule has 0 fully saturated rings. The Kier molecular flexibility index (Phi) is 4.46. The van der Waals surface area contributed by atoms with Crippen LogP contribution in [0.2, 0.25) is 5.02 Å². The van der Waals surface area contributed by atoms with E-state index in [1.807, 2.05) is 0 Å². The molecule has 3 N–H and O–H groups in total. The van der Waals surface area contributed by atoms with Gasteiger partial charge in [-0.3, -0.25) is 10.1 Å². The summed E-state index contributed by atoms with van der Waals surface area (Å²) in [5.74, 6) is -0.402. The first-order valence-electron chi connectivity index (χ1n) is 5.70. The van der Waals surface area contributed by atoms with Gasteiger partial charge in [-0.25, -0.2) is 14.8 Å². The molecule has 2 aromatic rings. The van der Waals surface area contributed by atoms with E-state index in [-0.39, 0.29) is 0 Å². The predicted octanol–water partition coefficient (Wildman–Crippen LogP) is 1.55. The first-order valence-corrected chi connectivity index (χ1v) is 6.96. The van der Waals surface area contributed by atoms with Gasteiger partial charge < -0.3 is 10.3 Å². The van der Waals surface area contributed by atoms with Gasteiger partial charge in [-0.15, -0.1) is 0 Å². The molecular weight excluding hydrogens is 302 g/mol. The van der Waals surface area contributed by atoms with Gasteiger partial charge in [-0.05, 0) is 13.0 Å². The zero-order valence-corrected chi connectivity index (χ0v) is 12.3. The summed E-state index contributed by atoms with van der Waals surface area (Å²) in [6.07, 6.45) is 1.50. The van der Waals surface area contributed by atoms with Crippen molar-refractivity contribution in [2.75, 3.05) is 7.05 Å². The van der Waals surface area contributed by atoms with Crippen LogP contribution in [0.1, 0.15) is 6.92 Å². The van der Waals surface area contributed by atoms with E-state index < -0.39 is 17.2 Å². The minimum absolute atomic E-state index is 0.402. The number of hydrogen-bond donors (Lipinski definition) is 3. The van der Waals surface area contributed by atoms with E-state index in [2.05, 4.69) is 25.6 Å². The number of imide groups is 1. The van der Waals surface area contributed by atoms with Crippen LogP contribution in [0.15, 0.2) is 17.4 Å². The Bertz CT molecular complexity index is 659. The second kappa shape index (κ2) is 6.10. The topological polar surface area (TPSA) is 99.8 Å². The zero-order valence-electron chi connectivity index (χ0n) is 10.7. The van der Waals surface area contributed by atoms with Crippen LogP contribution in [0.5, 0.6) is 0 Å². The minimum Gasteiger partial charge on any atom is -0.341 e. The molecule has 0 bridgehead atoms. The maximum Gasteiger partial charge on any atom is 0.321 e. The van der Waals surface area contributed by atoms with E-state index in [9.17, 15) is 9.59 Å². The number of imidazole rings is 1. The Balaban J connectivity index is 2.07. The number of H-pyrrole nitrogens is 1. The van der Waals surface area contributed by atoms with Crippen LogP contribution in [-0.2, 0) is 4.79 Å². The van der Waals surface area contributed by atoms with Gasteiger partial charge in [0.15, 0.2) is 10.8 Å². The number of amides is 3. The first kappa shape index (κ1) is 14.6. The molecule has 2 heterocycles. The number of aromatic nitrogens is 3. The van der Waals surface area contributed by atoms with E-state index in [0.29, 0.717) is 21.3 Å². The first-order chi connectivity index (χ1) is 9.49. The number of hydrogen-bond acceptors (Lipinski definition) is 5. The maximum absolute atomic E-state index is 11.7. The number of carbonyl (C=O) groups excluding carboxylic acids is 2. The summed E-state index contributed by atoms with van der Waals surface area (Å²) in [4.78, 5) is 34.1. The van der Waals surface area contributed by atoms with Crippen LogP contribution in [0, 0.1) is 0 Å². The van der Waals surface area contributed by atoms with Crippen molar-refractivity contribution < 1.29 is 9.59 Å². The molecule has 0 spiro atoms. The van der Waals surface area contributed by atoms with Crippen LogP contribution in [0.4, 0.5) is 4.79 Å². The van der Waals surface area contributed by atoms with Gasteiger partial charge in [0, 0.05) is 13.2 Å². The molecule has 106 valence electrons. The standard InChI is InChI=1S/C11H12ClN5O2S/c1-5(9(18)17-10(19)13-2)20-11-15-7-3-6(12)4-14-8(7)16-11/h3-5H,1-2H3,(H,14,15,16)(H2,13,17,18,19)/t5-/m1/s1. The van der Waals surface area contributed by atoms with Gasteiger partial charge in [0.05, 0.1) is 15.8 Å². The number of halogens is 1. The number of rotatable bonds is 3. The van der Waals surface area contributed by atoms with Crippen molar-refractivity contribution in [1.29, 1.82) is 0 Å². The minimum atomic E-state index is -0.541. The molecule has 9 heteroatoms. The quantitative estimate of drug-likeness (QED) is 0.746. The van der Waals surface area contributed by atoms with Crippen LogP contribution in [-0.4, -0.2) is 39.2 Å². The lowest BCUT2D eigenvalue weighted by Crippen LogP contribution is -2.41. The summed E-state index contributed by atoms with van der Waals surface area (Å²) >= 11 is 7.03. The van der Waals surface area contributed by atoms with Crippen molar-refractivity contribution in [3.63, 3.8) is 0 Å². The van der Waals surface area contributed by atoms with E-state index >= 15 is 0 Å². The molecule has 0 saturated carbocycles. The molecule has 0 aliphatic rings. The molecule has 0 aliphatic carbocycles. The molecular formula is C11H12ClN5O2S. The SMILES string of the molecule is CNC(=O)NC(=O)[C@@H](C)Sc1nc2ncc(Cl)cc2[nH]1. The second-order valence-corrected chi connectivity index (χ2v) is 5.66. The van der Waals surface area contributed by atoms with Gasteiger partial charge >= 0.3 is 6.03 Å². The van der Waals surface area contributed by atoms with E-state index in [1.165, 1.54) is 25.0 Å². The van der Waals surface area contributed by atoms with E-state index in [1.54, 1.807) is 13.0 Å². The van der Waals surface area contributed by atoms with Gasteiger partial charge in [0.25, 0.3) is 0 Å². The fraction of sp³-hybridized carbons (Fsp3) is 0.273. The number of fused-ring (bicyclic) bond motifs is 1. The highest BCUT2D eigenvalue weighted by molar-refractivity contribution is 8.00. The van der Waals surface area contributed by atoms with Crippen molar-refractivity contribution in [2.45, 2.75) is 17.3 Å². The summed E-state index contributed by atoms with van der Waals surface area (Å²) in [5.41, 5.74) is 1.22. The maximum atomic E-state index is 11.7. The lowest BCUT2D eigenvalue weighted by Gasteiger charge is -2.08. The zero-order chi connectivity index (χ0) is 14.7. The van der Waals surface area contributed by atoms with Crippen molar-refractivity contribution >= 4 is 46.5 Å². The van der Waals surface area contributed by atoms with Gasteiger partial charge in [0.1, 0.15) is 0 Å². The van der Waals surface area contributed by atoms with E-state index in [0.717, 1.165) is 0 Å².